The molecule has 0 radical (unpaired) electrons. The third-order valence-corrected chi connectivity index (χ3v) is 2.70. The number of halogens is 1. The van der Waals surface area contributed by atoms with Crippen LogP contribution in [0.3, 0.4) is 0 Å². The molecule has 1 unspecified atom stereocenters. The first-order valence-corrected chi connectivity index (χ1v) is 5.61. The van der Waals surface area contributed by atoms with E-state index in [4.69, 9.17) is 16.7 Å². The van der Waals surface area contributed by atoms with Crippen LogP contribution in [0.4, 0.5) is 0 Å². The van der Waals surface area contributed by atoms with Crippen LogP contribution in [0.1, 0.15) is 12.5 Å². The van der Waals surface area contributed by atoms with Crippen molar-refractivity contribution in [2.24, 2.45) is 5.92 Å². The smallest absolute Gasteiger partial charge is 0.308 e. The fourth-order valence-corrected chi connectivity index (χ4v) is 1.43. The van der Waals surface area contributed by atoms with Crippen LogP contribution >= 0.6 is 11.6 Å². The summed E-state index contributed by atoms with van der Waals surface area (Å²) in [5, 5.41) is 11.8. The molecule has 4 nitrogen and oxygen atoms in total. The first kappa shape index (κ1) is 13.5. The molecule has 2 N–H and O–H groups in total. The van der Waals surface area contributed by atoms with Crippen LogP contribution in [0.15, 0.2) is 24.3 Å². The zero-order valence-electron chi connectivity index (χ0n) is 9.44. The lowest BCUT2D eigenvalue weighted by molar-refractivity contribution is -0.141. The van der Waals surface area contributed by atoms with Crippen LogP contribution in [0.5, 0.6) is 0 Å². The van der Waals surface area contributed by atoms with Gasteiger partial charge in [-0.15, -0.1) is 0 Å². The molecule has 17 heavy (non-hydrogen) atoms. The van der Waals surface area contributed by atoms with Crippen molar-refractivity contribution < 1.29 is 14.7 Å². The molecule has 0 spiro atoms. The highest BCUT2D eigenvalue weighted by atomic mass is 35.5. The van der Waals surface area contributed by atoms with Crippen LogP contribution in [0, 0.1) is 5.92 Å². The lowest BCUT2D eigenvalue weighted by Gasteiger charge is -2.09. The average molecular weight is 256 g/mol. The van der Waals surface area contributed by atoms with Gasteiger partial charge in [0.25, 0.3) is 0 Å². The molecule has 0 aliphatic rings. The Morgan fingerprint density at radius 1 is 1.41 bits per heavy atom. The number of benzene rings is 1. The van der Waals surface area contributed by atoms with E-state index in [9.17, 15) is 9.59 Å². The molecule has 0 saturated heterocycles. The Bertz CT molecular complexity index is 420. The van der Waals surface area contributed by atoms with E-state index in [0.29, 0.717) is 5.02 Å². The minimum atomic E-state index is -0.928. The molecular formula is C12H14ClNO3. The van der Waals surface area contributed by atoms with Gasteiger partial charge in [0.05, 0.1) is 12.3 Å². The summed E-state index contributed by atoms with van der Waals surface area (Å²) < 4.78 is 0. The Morgan fingerprint density at radius 2 is 2.06 bits per heavy atom. The molecule has 0 saturated carbocycles. The monoisotopic (exact) mass is 255 g/mol. The Labute approximate surface area is 105 Å². The van der Waals surface area contributed by atoms with Crippen LogP contribution < -0.4 is 5.32 Å². The predicted octanol–water partition coefficient (Wildman–Crippen LogP) is 1.72. The fraction of sp³-hybridized carbons (Fsp3) is 0.333. The molecule has 0 aliphatic heterocycles. The Balaban J connectivity index is 2.46. The van der Waals surface area contributed by atoms with Gasteiger partial charge in [0.2, 0.25) is 5.91 Å². The van der Waals surface area contributed by atoms with Gasteiger partial charge in [-0.3, -0.25) is 9.59 Å². The Morgan fingerprint density at radius 3 is 2.65 bits per heavy atom. The Hall–Kier alpha value is -1.55. The molecule has 0 heterocycles. The summed E-state index contributed by atoms with van der Waals surface area (Å²) in [6, 6.07) is 7.07. The van der Waals surface area contributed by atoms with Crippen LogP contribution in [-0.4, -0.2) is 23.5 Å². The maximum absolute atomic E-state index is 11.5. The van der Waals surface area contributed by atoms with Crippen molar-refractivity contribution in [2.45, 2.75) is 13.3 Å². The number of hydrogen-bond donors (Lipinski definition) is 2. The minimum absolute atomic E-state index is 0.124. The third kappa shape index (κ3) is 4.44. The van der Waals surface area contributed by atoms with Gasteiger partial charge in [-0.25, -0.2) is 0 Å². The summed E-state index contributed by atoms with van der Waals surface area (Å²) in [6.07, 6.45) is 0.159. The first-order chi connectivity index (χ1) is 8.00. The van der Waals surface area contributed by atoms with Gasteiger partial charge in [0, 0.05) is 11.6 Å². The van der Waals surface area contributed by atoms with Gasteiger partial charge in [0.15, 0.2) is 0 Å². The number of carbonyl (C=O) groups is 2. The predicted molar refractivity (Wildman–Crippen MR) is 65.0 cm³/mol. The van der Waals surface area contributed by atoms with Crippen molar-refractivity contribution in [3.05, 3.63) is 34.9 Å². The fourth-order valence-electron chi connectivity index (χ4n) is 1.23. The summed E-state index contributed by atoms with van der Waals surface area (Å²) in [5.74, 6) is -1.75. The van der Waals surface area contributed by atoms with Gasteiger partial charge in [-0.05, 0) is 11.6 Å². The molecule has 1 amide bonds. The maximum atomic E-state index is 11.5. The number of aliphatic carboxylic acids is 1. The van der Waals surface area contributed by atoms with Crippen molar-refractivity contribution in [2.75, 3.05) is 6.54 Å². The SMILES string of the molecule is CC(CNC(=O)Cc1ccccc1Cl)C(=O)O. The number of hydrogen-bond acceptors (Lipinski definition) is 2. The third-order valence-electron chi connectivity index (χ3n) is 2.34. The number of carbonyl (C=O) groups excluding carboxylic acids is 1. The summed E-state index contributed by atoms with van der Waals surface area (Å²) in [6.45, 7) is 1.66. The van der Waals surface area contributed by atoms with E-state index in [1.54, 1.807) is 24.3 Å². The molecule has 1 aromatic carbocycles. The molecule has 0 fully saturated rings. The van der Waals surface area contributed by atoms with E-state index in [1.165, 1.54) is 6.92 Å². The highest BCUT2D eigenvalue weighted by Gasteiger charge is 2.12. The van der Waals surface area contributed by atoms with Gasteiger partial charge < -0.3 is 10.4 Å². The van der Waals surface area contributed by atoms with Gasteiger partial charge in [-0.2, -0.15) is 0 Å². The quantitative estimate of drug-likeness (QED) is 0.842. The lowest BCUT2D eigenvalue weighted by Crippen LogP contribution is -2.32. The molecule has 0 bridgehead atoms. The second-order valence-electron chi connectivity index (χ2n) is 3.81. The highest BCUT2D eigenvalue weighted by Crippen LogP contribution is 2.15. The molecule has 1 rings (SSSR count). The number of carboxylic acid groups (broad SMARTS) is 1. The number of rotatable bonds is 5. The summed E-state index contributed by atoms with van der Waals surface area (Å²) in [5.41, 5.74) is 0.731. The van der Waals surface area contributed by atoms with E-state index < -0.39 is 11.9 Å². The Kier molecular flexibility index (Phi) is 4.97. The standard InChI is InChI=1S/C12H14ClNO3/c1-8(12(16)17)7-14-11(15)6-9-4-2-3-5-10(9)13/h2-5,8H,6-7H2,1H3,(H,14,15)(H,16,17). The molecule has 92 valence electrons. The van der Waals surface area contributed by atoms with Crippen LogP contribution in [0.25, 0.3) is 0 Å². The molecule has 1 atom stereocenters. The first-order valence-electron chi connectivity index (χ1n) is 5.23. The van der Waals surface area contributed by atoms with E-state index in [0.717, 1.165) is 5.56 Å². The van der Waals surface area contributed by atoms with E-state index in [1.807, 2.05) is 0 Å². The number of amides is 1. The summed E-state index contributed by atoms with van der Waals surface area (Å²) >= 11 is 5.91. The lowest BCUT2D eigenvalue weighted by atomic mass is 10.1. The average Bonchev–Trinajstić information content (AvgIpc) is 2.29. The van der Waals surface area contributed by atoms with E-state index >= 15 is 0 Å². The minimum Gasteiger partial charge on any atom is -0.481 e. The van der Waals surface area contributed by atoms with Crippen molar-refractivity contribution in [3.63, 3.8) is 0 Å². The van der Waals surface area contributed by atoms with Crippen molar-refractivity contribution in [1.29, 1.82) is 0 Å². The second kappa shape index (κ2) is 6.25. The molecule has 5 heteroatoms. The molecule has 0 aromatic heterocycles. The van der Waals surface area contributed by atoms with Crippen molar-refractivity contribution in [3.8, 4) is 0 Å². The number of carboxylic acids is 1. The van der Waals surface area contributed by atoms with E-state index in [2.05, 4.69) is 5.32 Å². The second-order valence-corrected chi connectivity index (χ2v) is 4.22. The zero-order chi connectivity index (χ0) is 12.8. The van der Waals surface area contributed by atoms with Crippen molar-refractivity contribution >= 4 is 23.5 Å². The largest absolute Gasteiger partial charge is 0.481 e. The van der Waals surface area contributed by atoms with Crippen molar-refractivity contribution in [1.82, 2.24) is 5.32 Å². The maximum Gasteiger partial charge on any atom is 0.308 e. The molecule has 1 aromatic rings. The summed E-state index contributed by atoms with van der Waals surface area (Å²) in [4.78, 5) is 22.1. The van der Waals surface area contributed by atoms with Gasteiger partial charge in [0.1, 0.15) is 0 Å². The van der Waals surface area contributed by atoms with Gasteiger partial charge >= 0.3 is 5.97 Å². The van der Waals surface area contributed by atoms with Crippen LogP contribution in [-0.2, 0) is 16.0 Å². The topological polar surface area (TPSA) is 66.4 Å². The normalized spacial score (nSPS) is 11.9. The van der Waals surface area contributed by atoms with E-state index in [-0.39, 0.29) is 18.9 Å². The van der Waals surface area contributed by atoms with Gasteiger partial charge in [-0.1, -0.05) is 36.7 Å². The highest BCUT2D eigenvalue weighted by molar-refractivity contribution is 6.31. The summed E-state index contributed by atoms with van der Waals surface area (Å²) in [7, 11) is 0. The molecule has 0 aliphatic carbocycles. The van der Waals surface area contributed by atoms with Crippen LogP contribution in [0.2, 0.25) is 5.02 Å². The zero-order valence-corrected chi connectivity index (χ0v) is 10.2. The molecular weight excluding hydrogens is 242 g/mol. The number of nitrogens with one attached hydrogen (secondary N) is 1.